The normalized spacial score (nSPS) is 37.0. The molecule has 4 aliphatic rings. The Morgan fingerprint density at radius 1 is 1.10 bits per heavy atom. The third kappa shape index (κ3) is 2.35. The smallest absolute Gasteiger partial charge is 0.137 e. The van der Waals surface area contributed by atoms with E-state index < -0.39 is 0 Å². The van der Waals surface area contributed by atoms with Gasteiger partial charge in [0, 0.05) is 23.7 Å². The Kier molecular flexibility index (Phi) is 3.20. The third-order valence-electron chi connectivity index (χ3n) is 5.92. The van der Waals surface area contributed by atoms with Crippen LogP contribution in [0.15, 0.2) is 6.07 Å². The number of rotatable bonds is 4. The number of aromatic nitrogens is 2. The van der Waals surface area contributed by atoms with Gasteiger partial charge in [0.2, 0.25) is 0 Å². The Morgan fingerprint density at radius 2 is 1.71 bits per heavy atom. The first kappa shape index (κ1) is 13.5. The van der Waals surface area contributed by atoms with Gasteiger partial charge < -0.3 is 5.32 Å². The van der Waals surface area contributed by atoms with E-state index in [-0.39, 0.29) is 0 Å². The standard InChI is InChI=1S/C18H27N3/c1-3-4-19-16-5-12(2)20-17(21-16)18-9-13-6-14(10-18)8-15(7-13)11-18/h5,13-15H,3-4,6-11H2,1-2H3,(H,19,20,21). The molecule has 1 N–H and O–H groups in total. The van der Waals surface area contributed by atoms with Gasteiger partial charge in [-0.2, -0.15) is 0 Å². The molecule has 5 rings (SSSR count). The van der Waals surface area contributed by atoms with Crippen molar-refractivity contribution in [1.29, 1.82) is 0 Å². The molecule has 4 saturated carbocycles. The molecule has 0 amide bonds. The Hall–Kier alpha value is -1.12. The number of nitrogens with one attached hydrogen (secondary N) is 1. The van der Waals surface area contributed by atoms with Gasteiger partial charge in [-0.15, -0.1) is 0 Å². The quantitative estimate of drug-likeness (QED) is 0.906. The second-order valence-corrected chi connectivity index (χ2v) is 7.84. The van der Waals surface area contributed by atoms with Gasteiger partial charge in [-0.25, -0.2) is 9.97 Å². The van der Waals surface area contributed by atoms with E-state index in [1.54, 1.807) is 0 Å². The molecule has 3 heteroatoms. The third-order valence-corrected chi connectivity index (χ3v) is 5.92. The molecule has 3 nitrogen and oxygen atoms in total. The van der Waals surface area contributed by atoms with Gasteiger partial charge >= 0.3 is 0 Å². The molecule has 0 unspecified atom stereocenters. The van der Waals surface area contributed by atoms with E-state index in [9.17, 15) is 0 Å². The lowest BCUT2D eigenvalue weighted by molar-refractivity contribution is -0.00940. The zero-order valence-corrected chi connectivity index (χ0v) is 13.4. The summed E-state index contributed by atoms with van der Waals surface area (Å²) in [5.74, 6) is 5.04. The maximum Gasteiger partial charge on any atom is 0.137 e. The van der Waals surface area contributed by atoms with Crippen molar-refractivity contribution in [2.75, 3.05) is 11.9 Å². The number of hydrogen-bond acceptors (Lipinski definition) is 3. The lowest BCUT2D eigenvalue weighted by Gasteiger charge is -2.56. The highest BCUT2D eigenvalue weighted by Crippen LogP contribution is 2.60. The minimum atomic E-state index is 0.309. The molecule has 0 atom stereocenters. The predicted molar refractivity (Wildman–Crippen MR) is 85.4 cm³/mol. The predicted octanol–water partition coefficient (Wildman–Crippen LogP) is 4.07. The minimum absolute atomic E-state index is 0.309. The van der Waals surface area contributed by atoms with Crippen molar-refractivity contribution in [2.24, 2.45) is 17.8 Å². The van der Waals surface area contributed by atoms with Crippen LogP contribution < -0.4 is 5.32 Å². The molecule has 1 aromatic heterocycles. The number of nitrogens with zero attached hydrogens (tertiary/aromatic N) is 2. The summed E-state index contributed by atoms with van der Waals surface area (Å²) in [6.45, 7) is 5.31. The number of anilines is 1. The van der Waals surface area contributed by atoms with Crippen LogP contribution in [0.1, 0.15) is 63.4 Å². The zero-order chi connectivity index (χ0) is 14.4. The van der Waals surface area contributed by atoms with Crippen molar-refractivity contribution in [3.63, 3.8) is 0 Å². The number of aryl methyl sites for hydroxylation is 1. The van der Waals surface area contributed by atoms with Crippen LogP contribution in [0.5, 0.6) is 0 Å². The second kappa shape index (κ2) is 4.96. The van der Waals surface area contributed by atoms with Crippen LogP contribution >= 0.6 is 0 Å². The highest BCUT2D eigenvalue weighted by atomic mass is 15.0. The molecule has 0 spiro atoms. The van der Waals surface area contributed by atoms with Gasteiger partial charge in [-0.3, -0.25) is 0 Å². The van der Waals surface area contributed by atoms with Crippen LogP contribution in [-0.2, 0) is 5.41 Å². The fourth-order valence-corrected chi connectivity index (χ4v) is 5.53. The summed E-state index contributed by atoms with van der Waals surface area (Å²) in [7, 11) is 0. The van der Waals surface area contributed by atoms with Crippen LogP contribution in [0.4, 0.5) is 5.82 Å². The maximum atomic E-state index is 4.94. The van der Waals surface area contributed by atoms with Gasteiger partial charge in [-0.1, -0.05) is 6.92 Å². The van der Waals surface area contributed by atoms with Gasteiger partial charge in [0.1, 0.15) is 11.6 Å². The van der Waals surface area contributed by atoms with Crippen molar-refractivity contribution in [1.82, 2.24) is 9.97 Å². The van der Waals surface area contributed by atoms with E-state index >= 15 is 0 Å². The fraction of sp³-hybridized carbons (Fsp3) is 0.778. The molecule has 114 valence electrons. The average Bonchev–Trinajstić information content (AvgIpc) is 2.43. The molecule has 4 bridgehead atoms. The first-order valence-corrected chi connectivity index (χ1v) is 8.77. The van der Waals surface area contributed by atoms with E-state index in [2.05, 4.69) is 25.2 Å². The van der Waals surface area contributed by atoms with Crippen LogP contribution in [0.2, 0.25) is 0 Å². The van der Waals surface area contributed by atoms with Gasteiger partial charge in [0.05, 0.1) is 0 Å². The Morgan fingerprint density at radius 3 is 2.29 bits per heavy atom. The van der Waals surface area contributed by atoms with Gasteiger partial charge in [-0.05, 0) is 69.6 Å². The van der Waals surface area contributed by atoms with E-state index in [1.165, 1.54) is 38.5 Å². The Balaban J connectivity index is 1.67. The topological polar surface area (TPSA) is 37.8 Å². The van der Waals surface area contributed by atoms with Crippen molar-refractivity contribution in [2.45, 2.75) is 64.2 Å². The summed E-state index contributed by atoms with van der Waals surface area (Å²) in [5, 5.41) is 3.46. The molecule has 1 aromatic rings. The lowest BCUT2D eigenvalue weighted by atomic mass is 9.49. The molecule has 21 heavy (non-hydrogen) atoms. The summed E-state index contributed by atoms with van der Waals surface area (Å²) < 4.78 is 0. The molecular formula is C18H27N3. The minimum Gasteiger partial charge on any atom is -0.370 e. The van der Waals surface area contributed by atoms with E-state index in [1.807, 2.05) is 0 Å². The van der Waals surface area contributed by atoms with Crippen molar-refractivity contribution in [3.8, 4) is 0 Å². The largest absolute Gasteiger partial charge is 0.370 e. The molecule has 0 radical (unpaired) electrons. The highest BCUT2D eigenvalue weighted by molar-refractivity contribution is 5.37. The molecule has 4 fully saturated rings. The monoisotopic (exact) mass is 285 g/mol. The van der Waals surface area contributed by atoms with Gasteiger partial charge in [0.25, 0.3) is 0 Å². The van der Waals surface area contributed by atoms with Crippen molar-refractivity contribution < 1.29 is 0 Å². The maximum absolute atomic E-state index is 4.94. The first-order valence-electron chi connectivity index (χ1n) is 8.77. The Bertz CT molecular complexity index is 502. The molecule has 0 saturated heterocycles. The molecule has 0 aromatic carbocycles. The van der Waals surface area contributed by atoms with Crippen molar-refractivity contribution >= 4 is 5.82 Å². The number of hydrogen-bond donors (Lipinski definition) is 1. The lowest BCUT2D eigenvalue weighted by Crippen LogP contribution is -2.49. The van der Waals surface area contributed by atoms with E-state index in [0.717, 1.165) is 48.1 Å². The zero-order valence-electron chi connectivity index (χ0n) is 13.4. The molecule has 1 heterocycles. The highest BCUT2D eigenvalue weighted by Gasteiger charge is 2.53. The van der Waals surface area contributed by atoms with Crippen LogP contribution in [-0.4, -0.2) is 16.5 Å². The summed E-state index contributed by atoms with van der Waals surface area (Å²) in [5.41, 5.74) is 1.43. The summed E-state index contributed by atoms with van der Waals surface area (Å²) in [6.07, 6.45) is 9.60. The van der Waals surface area contributed by atoms with Crippen LogP contribution in [0.3, 0.4) is 0 Å². The van der Waals surface area contributed by atoms with Crippen LogP contribution in [0.25, 0.3) is 0 Å². The van der Waals surface area contributed by atoms with E-state index in [4.69, 9.17) is 9.97 Å². The summed E-state index contributed by atoms with van der Waals surface area (Å²) in [4.78, 5) is 9.82. The van der Waals surface area contributed by atoms with Crippen molar-refractivity contribution in [3.05, 3.63) is 17.6 Å². The first-order chi connectivity index (χ1) is 10.2. The summed E-state index contributed by atoms with van der Waals surface area (Å²) in [6, 6.07) is 2.10. The fourth-order valence-electron chi connectivity index (χ4n) is 5.53. The summed E-state index contributed by atoms with van der Waals surface area (Å²) >= 11 is 0. The van der Waals surface area contributed by atoms with E-state index in [0.29, 0.717) is 5.41 Å². The second-order valence-electron chi connectivity index (χ2n) is 7.84. The average molecular weight is 285 g/mol. The Labute approximate surface area is 128 Å². The SMILES string of the molecule is CCCNc1cc(C)nc(C23CC4CC(CC(C4)C2)C3)n1. The molecule has 0 aliphatic heterocycles. The van der Waals surface area contributed by atoms with Crippen LogP contribution in [0, 0.1) is 24.7 Å². The van der Waals surface area contributed by atoms with Gasteiger partial charge in [0.15, 0.2) is 0 Å². The molecule has 4 aliphatic carbocycles. The molecular weight excluding hydrogens is 258 g/mol.